The van der Waals surface area contributed by atoms with Crippen molar-refractivity contribution in [3.05, 3.63) is 0 Å². The van der Waals surface area contributed by atoms with Gasteiger partial charge in [0.05, 0.1) is 0 Å². The van der Waals surface area contributed by atoms with Gasteiger partial charge in [-0.05, 0) is 32.1 Å². The highest BCUT2D eigenvalue weighted by Gasteiger charge is 2.33. The van der Waals surface area contributed by atoms with E-state index in [9.17, 15) is 0 Å². The minimum atomic E-state index is -1.50. The summed E-state index contributed by atoms with van der Waals surface area (Å²) in [5.74, 6) is 1.61. The normalized spacial score (nSPS) is 19.9. The van der Waals surface area contributed by atoms with E-state index < -0.39 is 9.28 Å². The summed E-state index contributed by atoms with van der Waals surface area (Å²) in [5.41, 5.74) is 0.720. The van der Waals surface area contributed by atoms with Crippen molar-refractivity contribution >= 4 is 9.28 Å². The highest BCUT2D eigenvalue weighted by molar-refractivity contribution is 6.46. The summed E-state index contributed by atoms with van der Waals surface area (Å²) in [6, 6.07) is 0. The largest absolute Gasteiger partial charge is 0.397 e. The maximum atomic E-state index is 6.06. The molecule has 0 aromatic carbocycles. The smallest absolute Gasteiger partial charge is 0.324 e. The summed E-state index contributed by atoms with van der Waals surface area (Å²) < 4.78 is 12.1. The van der Waals surface area contributed by atoms with Crippen LogP contribution in [0.1, 0.15) is 72.6 Å². The van der Waals surface area contributed by atoms with Crippen LogP contribution in [0.25, 0.3) is 0 Å². The fourth-order valence-corrected chi connectivity index (χ4v) is 6.28. The highest BCUT2D eigenvalue weighted by atomic mass is 28.3. The monoisotopic (exact) mass is 286 g/mol. The molecule has 0 aromatic heterocycles. The van der Waals surface area contributed by atoms with Gasteiger partial charge < -0.3 is 8.85 Å². The molecule has 0 radical (unpaired) electrons. The van der Waals surface area contributed by atoms with Gasteiger partial charge in [-0.3, -0.25) is 0 Å². The second-order valence-corrected chi connectivity index (χ2v) is 8.58. The minimum Gasteiger partial charge on any atom is -0.397 e. The first-order valence-corrected chi connectivity index (χ1v) is 10.0. The minimum absolute atomic E-state index is 0.720. The van der Waals surface area contributed by atoms with Crippen LogP contribution in [0.5, 0.6) is 0 Å². The molecule has 1 atom stereocenters. The van der Waals surface area contributed by atoms with Crippen molar-refractivity contribution in [3.8, 4) is 0 Å². The van der Waals surface area contributed by atoms with Gasteiger partial charge in [0.1, 0.15) is 0 Å². The number of hydrogen-bond donors (Lipinski definition) is 0. The van der Waals surface area contributed by atoms with Crippen molar-refractivity contribution in [2.45, 2.75) is 78.2 Å². The van der Waals surface area contributed by atoms with Crippen molar-refractivity contribution < 1.29 is 8.85 Å². The average Bonchev–Trinajstić information content (AvgIpc) is 2.64. The average molecular weight is 287 g/mol. The van der Waals surface area contributed by atoms with E-state index in [0.29, 0.717) is 0 Å². The SMILES string of the molecule is CCO[SiH](OCC)C(CC(C)C)C1CCCCCC1. The standard InChI is InChI=1S/C16H34O2Si/c1-5-17-19(18-6-2)16(13-14(3)4)15-11-9-7-8-10-12-15/h14-16,19H,5-13H2,1-4H3. The molecule has 3 heteroatoms. The molecule has 0 aromatic rings. The van der Waals surface area contributed by atoms with Crippen LogP contribution in [0.2, 0.25) is 5.54 Å². The van der Waals surface area contributed by atoms with Crippen molar-refractivity contribution in [1.82, 2.24) is 0 Å². The van der Waals surface area contributed by atoms with Crippen LogP contribution in [-0.2, 0) is 8.85 Å². The van der Waals surface area contributed by atoms with Gasteiger partial charge in [-0.2, -0.15) is 0 Å². The molecule has 1 aliphatic rings. The summed E-state index contributed by atoms with van der Waals surface area (Å²) in [6.07, 6.45) is 9.79. The summed E-state index contributed by atoms with van der Waals surface area (Å²) in [6.45, 7) is 10.5. The maximum absolute atomic E-state index is 6.06. The molecule has 1 aliphatic carbocycles. The van der Waals surface area contributed by atoms with E-state index in [1.165, 1.54) is 44.9 Å². The van der Waals surface area contributed by atoms with Gasteiger partial charge in [0.15, 0.2) is 0 Å². The van der Waals surface area contributed by atoms with E-state index >= 15 is 0 Å². The molecule has 1 fully saturated rings. The quantitative estimate of drug-likeness (QED) is 0.477. The van der Waals surface area contributed by atoms with Crippen molar-refractivity contribution in [1.29, 1.82) is 0 Å². The molecule has 1 saturated carbocycles. The van der Waals surface area contributed by atoms with Gasteiger partial charge in [-0.1, -0.05) is 52.4 Å². The van der Waals surface area contributed by atoms with E-state index in [2.05, 4.69) is 27.7 Å². The molecule has 114 valence electrons. The lowest BCUT2D eigenvalue weighted by molar-refractivity contribution is 0.183. The van der Waals surface area contributed by atoms with E-state index in [1.54, 1.807) is 0 Å². The lowest BCUT2D eigenvalue weighted by Gasteiger charge is -2.32. The zero-order valence-corrected chi connectivity index (χ0v) is 14.6. The third-order valence-electron chi connectivity index (χ3n) is 4.26. The van der Waals surface area contributed by atoms with Crippen LogP contribution in [-0.4, -0.2) is 22.5 Å². The van der Waals surface area contributed by atoms with Crippen molar-refractivity contribution in [3.63, 3.8) is 0 Å². The molecular formula is C16H34O2Si. The first-order chi connectivity index (χ1) is 9.19. The molecule has 0 heterocycles. The highest BCUT2D eigenvalue weighted by Crippen LogP contribution is 2.38. The van der Waals surface area contributed by atoms with Crippen LogP contribution >= 0.6 is 0 Å². The van der Waals surface area contributed by atoms with Crippen LogP contribution in [0.3, 0.4) is 0 Å². The Kier molecular flexibility index (Phi) is 9.00. The Morgan fingerprint density at radius 2 is 1.47 bits per heavy atom. The maximum Gasteiger partial charge on any atom is 0.324 e. The third-order valence-corrected chi connectivity index (χ3v) is 7.10. The summed E-state index contributed by atoms with van der Waals surface area (Å²) >= 11 is 0. The van der Waals surface area contributed by atoms with E-state index in [4.69, 9.17) is 8.85 Å². The van der Waals surface area contributed by atoms with E-state index in [1.807, 2.05) is 0 Å². The Labute approximate surface area is 122 Å². The Hall–Kier alpha value is 0.137. The predicted octanol–water partition coefficient (Wildman–Crippen LogP) is 4.67. The van der Waals surface area contributed by atoms with E-state index in [-0.39, 0.29) is 0 Å². The van der Waals surface area contributed by atoms with Gasteiger partial charge in [0, 0.05) is 18.8 Å². The first kappa shape index (κ1) is 17.2. The zero-order chi connectivity index (χ0) is 14.1. The Morgan fingerprint density at radius 1 is 0.947 bits per heavy atom. The molecule has 0 aliphatic heterocycles. The molecule has 0 spiro atoms. The third kappa shape index (κ3) is 6.41. The van der Waals surface area contributed by atoms with E-state index in [0.717, 1.165) is 30.6 Å². The fourth-order valence-electron chi connectivity index (χ4n) is 3.43. The molecule has 0 bridgehead atoms. The predicted molar refractivity (Wildman–Crippen MR) is 84.8 cm³/mol. The Morgan fingerprint density at radius 3 is 1.89 bits per heavy atom. The second-order valence-electron chi connectivity index (χ2n) is 6.32. The Bertz CT molecular complexity index is 205. The lowest BCUT2D eigenvalue weighted by Crippen LogP contribution is -2.34. The van der Waals surface area contributed by atoms with Gasteiger partial charge in [-0.15, -0.1) is 0 Å². The second kappa shape index (κ2) is 9.95. The van der Waals surface area contributed by atoms with Crippen LogP contribution < -0.4 is 0 Å². The summed E-state index contributed by atoms with van der Waals surface area (Å²) in [7, 11) is -1.50. The number of rotatable bonds is 8. The molecule has 0 amide bonds. The van der Waals surface area contributed by atoms with Crippen LogP contribution in [0, 0.1) is 11.8 Å². The Balaban J connectivity index is 2.70. The molecular weight excluding hydrogens is 252 g/mol. The van der Waals surface area contributed by atoms with Gasteiger partial charge in [0.25, 0.3) is 0 Å². The molecule has 19 heavy (non-hydrogen) atoms. The van der Waals surface area contributed by atoms with Gasteiger partial charge in [-0.25, -0.2) is 0 Å². The zero-order valence-electron chi connectivity index (χ0n) is 13.5. The summed E-state index contributed by atoms with van der Waals surface area (Å²) in [5, 5.41) is 0. The van der Waals surface area contributed by atoms with Crippen molar-refractivity contribution in [2.24, 2.45) is 11.8 Å². The molecule has 0 N–H and O–H groups in total. The summed E-state index contributed by atoms with van der Waals surface area (Å²) in [4.78, 5) is 0. The van der Waals surface area contributed by atoms with Crippen LogP contribution in [0.15, 0.2) is 0 Å². The van der Waals surface area contributed by atoms with Gasteiger partial charge in [0.2, 0.25) is 0 Å². The first-order valence-electron chi connectivity index (χ1n) is 8.42. The molecule has 0 saturated heterocycles. The van der Waals surface area contributed by atoms with Crippen LogP contribution in [0.4, 0.5) is 0 Å². The fraction of sp³-hybridized carbons (Fsp3) is 1.00. The molecule has 1 unspecified atom stereocenters. The van der Waals surface area contributed by atoms with Crippen molar-refractivity contribution in [2.75, 3.05) is 13.2 Å². The topological polar surface area (TPSA) is 18.5 Å². The molecule has 1 rings (SSSR count). The number of hydrogen-bond acceptors (Lipinski definition) is 2. The van der Waals surface area contributed by atoms with Gasteiger partial charge >= 0.3 is 9.28 Å². The lowest BCUT2D eigenvalue weighted by atomic mass is 9.91. The molecule has 2 nitrogen and oxygen atoms in total.